The van der Waals surface area contributed by atoms with E-state index in [1.807, 2.05) is 13.8 Å². The monoisotopic (exact) mass is 206 g/mol. The van der Waals surface area contributed by atoms with E-state index in [0.717, 1.165) is 12.2 Å². The second-order valence-electron chi connectivity index (χ2n) is 4.51. The van der Waals surface area contributed by atoms with Crippen molar-refractivity contribution in [2.24, 2.45) is 5.41 Å². The number of hydrogen-bond acceptors (Lipinski definition) is 1. The van der Waals surface area contributed by atoms with E-state index in [2.05, 4.69) is 45.1 Å². The van der Waals surface area contributed by atoms with Crippen LogP contribution in [0.4, 0.5) is 0 Å². The van der Waals surface area contributed by atoms with Gasteiger partial charge >= 0.3 is 0 Å². The molecular formula is C14H22O. The van der Waals surface area contributed by atoms with Crippen LogP contribution in [0.1, 0.15) is 41.0 Å². The molecule has 0 N–H and O–H groups in total. The zero-order valence-corrected chi connectivity index (χ0v) is 10.5. The van der Waals surface area contributed by atoms with Gasteiger partial charge in [0.1, 0.15) is 11.9 Å². The lowest BCUT2D eigenvalue weighted by molar-refractivity contribution is 0.169. The van der Waals surface area contributed by atoms with E-state index in [0.29, 0.717) is 6.10 Å². The summed E-state index contributed by atoms with van der Waals surface area (Å²) in [5, 5.41) is 0. The first-order chi connectivity index (χ1) is 7.07. The minimum absolute atomic E-state index is 0.164. The van der Waals surface area contributed by atoms with Gasteiger partial charge in [-0.25, -0.2) is 0 Å². The molecule has 15 heavy (non-hydrogen) atoms. The first-order valence-electron chi connectivity index (χ1n) is 5.85. The van der Waals surface area contributed by atoms with Crippen LogP contribution < -0.4 is 0 Å². The topological polar surface area (TPSA) is 9.23 Å². The van der Waals surface area contributed by atoms with E-state index in [1.54, 1.807) is 0 Å². The van der Waals surface area contributed by atoms with Crippen LogP contribution in [0.5, 0.6) is 0 Å². The lowest BCUT2D eigenvalue weighted by atomic mass is 9.93. The molecule has 1 aliphatic carbocycles. The molecule has 0 amide bonds. The van der Waals surface area contributed by atoms with Crippen molar-refractivity contribution < 1.29 is 4.74 Å². The third-order valence-corrected chi connectivity index (χ3v) is 2.53. The summed E-state index contributed by atoms with van der Waals surface area (Å²) < 4.78 is 5.68. The predicted molar refractivity (Wildman–Crippen MR) is 65.6 cm³/mol. The van der Waals surface area contributed by atoms with Gasteiger partial charge in [0.15, 0.2) is 0 Å². The van der Waals surface area contributed by atoms with Crippen LogP contribution in [0, 0.1) is 5.41 Å². The van der Waals surface area contributed by atoms with Gasteiger partial charge < -0.3 is 4.74 Å². The summed E-state index contributed by atoms with van der Waals surface area (Å²) in [7, 11) is 0. The Hall–Kier alpha value is -0.980. The van der Waals surface area contributed by atoms with Gasteiger partial charge in [-0.3, -0.25) is 0 Å². The van der Waals surface area contributed by atoms with Gasteiger partial charge in [-0.1, -0.05) is 45.9 Å². The number of hydrogen-bond donors (Lipinski definition) is 0. The third kappa shape index (κ3) is 2.98. The molecule has 2 rings (SSSR count). The standard InChI is InChI=1S/C12H16O.C2H6/c1-9-8-10-4-6-12(2,3)7-5-11(10)13-9;1-2/h4-7,9H,8H2,1-3H3;1-2H3. The summed E-state index contributed by atoms with van der Waals surface area (Å²) in [4.78, 5) is 0. The minimum atomic E-state index is 0.164. The van der Waals surface area contributed by atoms with Crippen LogP contribution in [0.25, 0.3) is 0 Å². The molecule has 1 unspecified atom stereocenters. The Morgan fingerprint density at radius 2 is 1.80 bits per heavy atom. The maximum absolute atomic E-state index is 5.68. The molecule has 1 heterocycles. The molecule has 2 aliphatic rings. The first kappa shape index (κ1) is 12.1. The molecule has 1 atom stereocenters. The fourth-order valence-corrected chi connectivity index (χ4v) is 1.70. The zero-order chi connectivity index (χ0) is 11.5. The molecular weight excluding hydrogens is 184 g/mol. The molecule has 0 aromatic heterocycles. The van der Waals surface area contributed by atoms with Crippen LogP contribution in [-0.4, -0.2) is 6.10 Å². The highest BCUT2D eigenvalue weighted by Gasteiger charge is 2.22. The Morgan fingerprint density at radius 1 is 1.20 bits per heavy atom. The van der Waals surface area contributed by atoms with Gasteiger partial charge in [0.25, 0.3) is 0 Å². The average molecular weight is 206 g/mol. The van der Waals surface area contributed by atoms with E-state index in [-0.39, 0.29) is 5.41 Å². The first-order valence-corrected chi connectivity index (χ1v) is 5.85. The van der Waals surface area contributed by atoms with Crippen molar-refractivity contribution >= 4 is 0 Å². The van der Waals surface area contributed by atoms with Gasteiger partial charge in [-0.15, -0.1) is 0 Å². The number of allylic oxidation sites excluding steroid dienone is 4. The maximum atomic E-state index is 5.68. The Labute approximate surface area is 93.5 Å². The van der Waals surface area contributed by atoms with Gasteiger partial charge in [-0.05, 0) is 18.6 Å². The molecule has 0 saturated heterocycles. The normalized spacial score (nSPS) is 26.3. The molecule has 0 aromatic rings. The van der Waals surface area contributed by atoms with Crippen molar-refractivity contribution in [2.75, 3.05) is 0 Å². The molecule has 0 radical (unpaired) electrons. The minimum Gasteiger partial charge on any atom is -0.490 e. The highest BCUT2D eigenvalue weighted by Crippen LogP contribution is 2.32. The molecule has 1 nitrogen and oxygen atoms in total. The summed E-state index contributed by atoms with van der Waals surface area (Å²) in [5.74, 6) is 1.06. The van der Waals surface area contributed by atoms with Gasteiger partial charge in [0.2, 0.25) is 0 Å². The van der Waals surface area contributed by atoms with E-state index < -0.39 is 0 Å². The fraction of sp³-hybridized carbons (Fsp3) is 0.571. The molecule has 0 bridgehead atoms. The van der Waals surface area contributed by atoms with Crippen molar-refractivity contribution in [3.63, 3.8) is 0 Å². The van der Waals surface area contributed by atoms with E-state index in [1.165, 1.54) is 5.57 Å². The Bertz CT molecular complexity index is 277. The van der Waals surface area contributed by atoms with E-state index in [9.17, 15) is 0 Å². The summed E-state index contributed by atoms with van der Waals surface area (Å²) >= 11 is 0. The van der Waals surface area contributed by atoms with Crippen molar-refractivity contribution in [1.82, 2.24) is 0 Å². The molecule has 84 valence electrons. The van der Waals surface area contributed by atoms with Crippen LogP contribution in [-0.2, 0) is 4.74 Å². The lowest BCUT2D eigenvalue weighted by Gasteiger charge is -2.13. The lowest BCUT2D eigenvalue weighted by Crippen LogP contribution is -2.03. The molecule has 0 aromatic carbocycles. The number of ether oxygens (including phenoxy) is 1. The van der Waals surface area contributed by atoms with E-state index in [4.69, 9.17) is 4.74 Å². The average Bonchev–Trinajstić information content (AvgIpc) is 2.50. The summed E-state index contributed by atoms with van der Waals surface area (Å²) in [5.41, 5.74) is 1.51. The van der Waals surface area contributed by atoms with Crippen LogP contribution in [0.15, 0.2) is 35.6 Å². The maximum Gasteiger partial charge on any atom is 0.122 e. The Morgan fingerprint density at radius 3 is 2.47 bits per heavy atom. The van der Waals surface area contributed by atoms with Gasteiger partial charge in [-0.2, -0.15) is 0 Å². The van der Waals surface area contributed by atoms with Crippen LogP contribution in [0.2, 0.25) is 0 Å². The molecule has 1 heteroatoms. The number of rotatable bonds is 0. The van der Waals surface area contributed by atoms with Crippen molar-refractivity contribution in [3.05, 3.63) is 35.6 Å². The Balaban J connectivity index is 0.000000531. The predicted octanol–water partition coefficient (Wildman–Crippen LogP) is 4.23. The van der Waals surface area contributed by atoms with Gasteiger partial charge in [0, 0.05) is 11.8 Å². The summed E-state index contributed by atoms with van der Waals surface area (Å²) in [6, 6.07) is 0. The molecule has 0 fully saturated rings. The van der Waals surface area contributed by atoms with Crippen molar-refractivity contribution in [3.8, 4) is 0 Å². The molecule has 0 saturated carbocycles. The van der Waals surface area contributed by atoms with Crippen LogP contribution in [0.3, 0.4) is 0 Å². The second kappa shape index (κ2) is 4.69. The molecule has 1 aliphatic heterocycles. The zero-order valence-electron chi connectivity index (χ0n) is 10.5. The van der Waals surface area contributed by atoms with E-state index >= 15 is 0 Å². The Kier molecular flexibility index (Phi) is 3.78. The highest BCUT2D eigenvalue weighted by atomic mass is 16.5. The summed E-state index contributed by atoms with van der Waals surface area (Å²) in [6.45, 7) is 10.5. The molecule has 0 spiro atoms. The summed E-state index contributed by atoms with van der Waals surface area (Å²) in [6.07, 6.45) is 10.2. The SMILES string of the molecule is CC.CC1CC2=C(C=CC(C)(C)C=C2)O1. The van der Waals surface area contributed by atoms with Crippen molar-refractivity contribution in [1.29, 1.82) is 0 Å². The smallest absolute Gasteiger partial charge is 0.122 e. The third-order valence-electron chi connectivity index (χ3n) is 2.53. The van der Waals surface area contributed by atoms with Gasteiger partial charge in [0.05, 0.1) is 0 Å². The van der Waals surface area contributed by atoms with Crippen LogP contribution >= 0.6 is 0 Å². The second-order valence-corrected chi connectivity index (χ2v) is 4.51. The fourth-order valence-electron chi connectivity index (χ4n) is 1.70. The largest absolute Gasteiger partial charge is 0.490 e. The highest BCUT2D eigenvalue weighted by molar-refractivity contribution is 5.37. The van der Waals surface area contributed by atoms with Crippen molar-refractivity contribution in [2.45, 2.75) is 47.1 Å². The quantitative estimate of drug-likeness (QED) is 0.576.